The second-order valence-corrected chi connectivity index (χ2v) is 7.91. The van der Waals surface area contributed by atoms with Crippen LogP contribution in [0.4, 0.5) is 0 Å². The summed E-state index contributed by atoms with van der Waals surface area (Å²) in [5.41, 5.74) is 7.72. The molecule has 1 aromatic carbocycles. The third kappa shape index (κ3) is 5.38. The fraction of sp³-hybridized carbons (Fsp3) is 0.500. The molecule has 0 radical (unpaired) electrons. The number of nitrogens with zero attached hydrogens (tertiary/aromatic N) is 2. The number of benzene rings is 1. The largest absolute Gasteiger partial charge is 0.494 e. The molecule has 0 bridgehead atoms. The van der Waals surface area contributed by atoms with Gasteiger partial charge in [-0.1, -0.05) is 6.92 Å². The Balaban J connectivity index is 0.00000196. The van der Waals surface area contributed by atoms with Crippen LogP contribution in [0, 0.1) is 12.8 Å². The van der Waals surface area contributed by atoms with Crippen LogP contribution >= 0.6 is 36.2 Å². The number of rotatable bonds is 5. The number of carbonyl (C=O) groups is 1. The normalized spacial score (nSPS) is 18.8. The zero-order valence-electron chi connectivity index (χ0n) is 16.5. The van der Waals surface area contributed by atoms with E-state index in [1.165, 1.54) is 11.3 Å². The third-order valence-corrected chi connectivity index (χ3v) is 6.11. The van der Waals surface area contributed by atoms with E-state index in [-0.39, 0.29) is 36.8 Å². The van der Waals surface area contributed by atoms with Gasteiger partial charge in [0.05, 0.1) is 12.3 Å². The molecular formula is C20H29Cl2N3O2S. The van der Waals surface area contributed by atoms with E-state index in [1.54, 1.807) is 0 Å². The Labute approximate surface area is 183 Å². The molecule has 1 amide bonds. The van der Waals surface area contributed by atoms with Crippen LogP contribution in [0.1, 0.15) is 42.1 Å². The summed E-state index contributed by atoms with van der Waals surface area (Å²) in [6.07, 6.45) is 2.01. The lowest BCUT2D eigenvalue weighted by Gasteiger charge is -2.37. The zero-order valence-corrected chi connectivity index (χ0v) is 19.0. The smallest absolute Gasteiger partial charge is 0.266 e. The second kappa shape index (κ2) is 11.0. The molecule has 3 rings (SSSR count). The minimum atomic E-state index is 0. The summed E-state index contributed by atoms with van der Waals surface area (Å²) in [5, 5.41) is 0.864. The number of aromatic nitrogens is 1. The van der Waals surface area contributed by atoms with E-state index in [0.717, 1.165) is 46.3 Å². The molecule has 0 spiro atoms. The van der Waals surface area contributed by atoms with Gasteiger partial charge in [0.25, 0.3) is 5.91 Å². The standard InChI is InChI=1S/C20H27N3O2S.2ClH/c1-4-25-17-7-5-15(6-8-17)19-22-14(3)18(26-19)20(24)23-10-9-13(2)11-16(23)12-21;;/h5-8,13,16H,4,9-12,21H2,1-3H3;2*1H. The van der Waals surface area contributed by atoms with Crippen LogP contribution in [0.3, 0.4) is 0 Å². The quantitative estimate of drug-likeness (QED) is 0.731. The average Bonchev–Trinajstić information content (AvgIpc) is 3.03. The number of nitrogens with two attached hydrogens (primary N) is 1. The Morgan fingerprint density at radius 2 is 2.00 bits per heavy atom. The predicted molar refractivity (Wildman–Crippen MR) is 120 cm³/mol. The number of hydrogen-bond acceptors (Lipinski definition) is 5. The summed E-state index contributed by atoms with van der Waals surface area (Å²) in [7, 11) is 0. The molecule has 5 nitrogen and oxygen atoms in total. The minimum Gasteiger partial charge on any atom is -0.494 e. The van der Waals surface area contributed by atoms with Crippen molar-refractivity contribution in [2.45, 2.75) is 39.7 Å². The average molecular weight is 446 g/mol. The van der Waals surface area contributed by atoms with Crippen LogP contribution in [0.25, 0.3) is 10.6 Å². The van der Waals surface area contributed by atoms with E-state index in [4.69, 9.17) is 10.5 Å². The van der Waals surface area contributed by atoms with Crippen molar-refractivity contribution in [1.29, 1.82) is 0 Å². The number of hydrogen-bond donors (Lipinski definition) is 1. The van der Waals surface area contributed by atoms with Crippen LogP contribution in [0.2, 0.25) is 0 Å². The molecule has 1 saturated heterocycles. The molecule has 0 saturated carbocycles. The Hall–Kier alpha value is -1.34. The van der Waals surface area contributed by atoms with E-state index in [9.17, 15) is 4.79 Å². The van der Waals surface area contributed by atoms with Crippen molar-refractivity contribution in [2.24, 2.45) is 11.7 Å². The molecule has 2 heterocycles. The van der Waals surface area contributed by atoms with Crippen molar-refractivity contribution < 1.29 is 9.53 Å². The van der Waals surface area contributed by atoms with Crippen LogP contribution in [0.15, 0.2) is 24.3 Å². The number of amides is 1. The Kier molecular flexibility index (Phi) is 9.70. The van der Waals surface area contributed by atoms with Gasteiger partial charge in [0, 0.05) is 24.7 Å². The number of likely N-dealkylation sites (tertiary alicyclic amines) is 1. The fourth-order valence-corrected chi connectivity index (χ4v) is 4.48. The van der Waals surface area contributed by atoms with E-state index in [1.807, 2.05) is 43.0 Å². The SMILES string of the molecule is CCOc1ccc(-c2nc(C)c(C(=O)N3CCC(C)CC3CN)s2)cc1.Cl.Cl. The van der Waals surface area contributed by atoms with Gasteiger partial charge in [-0.2, -0.15) is 0 Å². The van der Waals surface area contributed by atoms with Crippen molar-refractivity contribution >= 4 is 42.1 Å². The number of thiazole rings is 1. The lowest BCUT2D eigenvalue weighted by Crippen LogP contribution is -2.49. The van der Waals surface area contributed by atoms with Gasteiger partial charge >= 0.3 is 0 Å². The van der Waals surface area contributed by atoms with E-state index in [0.29, 0.717) is 19.1 Å². The van der Waals surface area contributed by atoms with Gasteiger partial charge in [-0.05, 0) is 56.9 Å². The molecule has 2 unspecified atom stereocenters. The molecule has 1 aliphatic rings. The topological polar surface area (TPSA) is 68.5 Å². The molecule has 0 aliphatic carbocycles. The van der Waals surface area contributed by atoms with E-state index < -0.39 is 0 Å². The maximum atomic E-state index is 13.1. The molecular weight excluding hydrogens is 417 g/mol. The minimum absolute atomic E-state index is 0. The first-order valence-electron chi connectivity index (χ1n) is 9.25. The number of carbonyl (C=O) groups excluding carboxylic acids is 1. The first-order valence-corrected chi connectivity index (χ1v) is 10.1. The van der Waals surface area contributed by atoms with Gasteiger partial charge < -0.3 is 15.4 Å². The first-order chi connectivity index (χ1) is 12.5. The number of piperidine rings is 1. The highest BCUT2D eigenvalue weighted by Gasteiger charge is 2.31. The van der Waals surface area contributed by atoms with Crippen LogP contribution in [-0.4, -0.2) is 41.5 Å². The molecule has 8 heteroatoms. The highest BCUT2D eigenvalue weighted by atomic mass is 35.5. The van der Waals surface area contributed by atoms with E-state index >= 15 is 0 Å². The monoisotopic (exact) mass is 445 g/mol. The molecule has 156 valence electrons. The molecule has 2 N–H and O–H groups in total. The van der Waals surface area contributed by atoms with Crippen molar-refractivity contribution in [2.75, 3.05) is 19.7 Å². The lowest BCUT2D eigenvalue weighted by atomic mass is 9.92. The molecule has 2 atom stereocenters. The van der Waals surface area contributed by atoms with Crippen LogP contribution < -0.4 is 10.5 Å². The maximum absolute atomic E-state index is 13.1. The third-order valence-electron chi connectivity index (χ3n) is 4.91. The van der Waals surface area contributed by atoms with Gasteiger partial charge in [-0.25, -0.2) is 4.98 Å². The number of aryl methyl sites for hydroxylation is 1. The summed E-state index contributed by atoms with van der Waals surface area (Å²) < 4.78 is 5.49. The molecule has 28 heavy (non-hydrogen) atoms. The maximum Gasteiger partial charge on any atom is 0.266 e. The van der Waals surface area contributed by atoms with E-state index in [2.05, 4.69) is 11.9 Å². The number of ether oxygens (including phenoxy) is 1. The second-order valence-electron chi connectivity index (χ2n) is 6.91. The summed E-state index contributed by atoms with van der Waals surface area (Å²) in [4.78, 5) is 20.4. The zero-order chi connectivity index (χ0) is 18.7. The molecule has 1 aliphatic heterocycles. The first kappa shape index (κ1) is 24.7. The van der Waals surface area contributed by atoms with Crippen molar-refractivity contribution in [1.82, 2.24) is 9.88 Å². The lowest BCUT2D eigenvalue weighted by molar-refractivity contribution is 0.0577. The highest BCUT2D eigenvalue weighted by molar-refractivity contribution is 7.17. The van der Waals surface area contributed by atoms with Crippen molar-refractivity contribution in [3.63, 3.8) is 0 Å². The van der Waals surface area contributed by atoms with Crippen molar-refractivity contribution in [3.8, 4) is 16.3 Å². The molecule has 1 fully saturated rings. The number of halogens is 2. The summed E-state index contributed by atoms with van der Waals surface area (Å²) in [5.74, 6) is 1.53. The van der Waals surface area contributed by atoms with Gasteiger partial charge in [0.2, 0.25) is 0 Å². The highest BCUT2D eigenvalue weighted by Crippen LogP contribution is 2.32. The van der Waals surface area contributed by atoms with Gasteiger partial charge in [0.1, 0.15) is 15.6 Å². The Bertz CT molecular complexity index is 767. The van der Waals surface area contributed by atoms with Crippen molar-refractivity contribution in [3.05, 3.63) is 34.8 Å². The Morgan fingerprint density at radius 1 is 1.32 bits per heavy atom. The van der Waals surface area contributed by atoms with Crippen LogP contribution in [-0.2, 0) is 0 Å². The molecule has 2 aromatic rings. The summed E-state index contributed by atoms with van der Waals surface area (Å²) in [6.45, 7) is 8.03. The molecule has 1 aromatic heterocycles. The van der Waals surface area contributed by atoms with Gasteiger partial charge in [-0.3, -0.25) is 4.79 Å². The van der Waals surface area contributed by atoms with Gasteiger partial charge in [0.15, 0.2) is 0 Å². The fourth-order valence-electron chi connectivity index (χ4n) is 3.45. The van der Waals surface area contributed by atoms with Crippen LogP contribution in [0.5, 0.6) is 5.75 Å². The summed E-state index contributed by atoms with van der Waals surface area (Å²) in [6, 6.07) is 7.98. The Morgan fingerprint density at radius 3 is 2.61 bits per heavy atom. The predicted octanol–water partition coefficient (Wildman–Crippen LogP) is 4.56. The summed E-state index contributed by atoms with van der Waals surface area (Å²) >= 11 is 1.46. The van der Waals surface area contributed by atoms with Gasteiger partial charge in [-0.15, -0.1) is 36.2 Å².